The van der Waals surface area contributed by atoms with E-state index in [1.165, 1.54) is 5.57 Å². The molecule has 0 aromatic rings. The molecule has 0 unspecified atom stereocenters. The van der Waals surface area contributed by atoms with Gasteiger partial charge in [0.25, 0.3) is 0 Å². The fourth-order valence-corrected chi connectivity index (χ4v) is 1.42. The van der Waals surface area contributed by atoms with Gasteiger partial charge in [-0.25, -0.2) is 0 Å². The Balaban J connectivity index is 5.31. The van der Waals surface area contributed by atoms with Crippen molar-refractivity contribution in [1.82, 2.24) is 4.90 Å². The zero-order chi connectivity index (χ0) is 12.8. The van der Waals surface area contributed by atoms with Gasteiger partial charge in [-0.15, -0.1) is 0 Å². The monoisotopic (exact) mass is 217 g/mol. The number of allylic oxidation sites excluding steroid dienone is 4. The molecule has 88 valence electrons. The molecule has 0 saturated heterocycles. The number of nitrogens with zero attached hydrogens (tertiary/aromatic N) is 1. The van der Waals surface area contributed by atoms with Crippen LogP contribution in [0.25, 0.3) is 0 Å². The first-order chi connectivity index (χ1) is 7.40. The van der Waals surface area contributed by atoms with E-state index in [4.69, 9.17) is 0 Å². The van der Waals surface area contributed by atoms with E-state index in [-0.39, 0.29) is 5.41 Å². The second kappa shape index (κ2) is 6.16. The molecule has 0 aliphatic carbocycles. The van der Waals surface area contributed by atoms with Crippen LogP contribution in [0.5, 0.6) is 0 Å². The van der Waals surface area contributed by atoms with Crippen LogP contribution in [0.15, 0.2) is 61.6 Å². The maximum Gasteiger partial charge on any atom is 0.0445 e. The van der Waals surface area contributed by atoms with E-state index in [0.717, 1.165) is 5.70 Å². The normalized spacial score (nSPS) is 13.2. The van der Waals surface area contributed by atoms with Gasteiger partial charge in [-0.3, -0.25) is 0 Å². The van der Waals surface area contributed by atoms with Gasteiger partial charge >= 0.3 is 0 Å². The van der Waals surface area contributed by atoms with Gasteiger partial charge in [-0.1, -0.05) is 46.6 Å². The first-order valence-electron chi connectivity index (χ1n) is 5.45. The summed E-state index contributed by atoms with van der Waals surface area (Å²) < 4.78 is 0. The van der Waals surface area contributed by atoms with Crippen molar-refractivity contribution in [1.29, 1.82) is 0 Å². The van der Waals surface area contributed by atoms with Crippen molar-refractivity contribution in [2.24, 2.45) is 5.41 Å². The lowest BCUT2D eigenvalue weighted by molar-refractivity contribution is 0.512. The van der Waals surface area contributed by atoms with Crippen molar-refractivity contribution in [3.63, 3.8) is 0 Å². The van der Waals surface area contributed by atoms with Crippen LogP contribution in [-0.4, -0.2) is 4.90 Å². The minimum absolute atomic E-state index is 0.122. The molecule has 16 heavy (non-hydrogen) atoms. The average molecular weight is 217 g/mol. The molecular weight excluding hydrogens is 194 g/mol. The Hall–Kier alpha value is -1.50. The van der Waals surface area contributed by atoms with E-state index in [1.807, 2.05) is 11.8 Å². The van der Waals surface area contributed by atoms with Gasteiger partial charge in [0.2, 0.25) is 0 Å². The minimum Gasteiger partial charge on any atom is -0.325 e. The van der Waals surface area contributed by atoms with E-state index < -0.39 is 0 Å². The number of rotatable bonds is 5. The zero-order valence-electron chi connectivity index (χ0n) is 11.0. The van der Waals surface area contributed by atoms with Gasteiger partial charge in [-0.05, 0) is 30.1 Å². The standard InChI is InChI=1S/C15H23N/c1-8-13(15(5,6)7)12-14(9-2)16(10-3)11-4/h8-12H,2-4H2,1,5-7H3/b13-8+,14-12+. The molecule has 0 rings (SSSR count). The second-order valence-corrected chi connectivity index (χ2v) is 4.54. The molecule has 0 aliphatic rings. The second-order valence-electron chi connectivity index (χ2n) is 4.54. The molecule has 0 atom stereocenters. The molecule has 1 heteroatoms. The fourth-order valence-electron chi connectivity index (χ4n) is 1.42. The summed E-state index contributed by atoms with van der Waals surface area (Å²) in [5, 5.41) is 0. The van der Waals surface area contributed by atoms with Crippen molar-refractivity contribution >= 4 is 0 Å². The van der Waals surface area contributed by atoms with Crippen molar-refractivity contribution < 1.29 is 0 Å². The first kappa shape index (κ1) is 14.5. The van der Waals surface area contributed by atoms with Crippen LogP contribution in [0.3, 0.4) is 0 Å². The SMILES string of the molecule is C=C/C(=C\C(=C/C)C(C)(C)C)N(C=C)C=C. The third-order valence-electron chi connectivity index (χ3n) is 2.38. The van der Waals surface area contributed by atoms with Crippen LogP contribution in [0.1, 0.15) is 27.7 Å². The summed E-state index contributed by atoms with van der Waals surface area (Å²) in [5.74, 6) is 0. The van der Waals surface area contributed by atoms with E-state index in [2.05, 4.69) is 52.7 Å². The molecule has 0 radical (unpaired) electrons. The number of hydrogen-bond acceptors (Lipinski definition) is 1. The Morgan fingerprint density at radius 1 is 1.06 bits per heavy atom. The summed E-state index contributed by atoms with van der Waals surface area (Å²) in [7, 11) is 0. The van der Waals surface area contributed by atoms with E-state index in [9.17, 15) is 0 Å². The summed E-state index contributed by atoms with van der Waals surface area (Å²) in [6, 6.07) is 0. The van der Waals surface area contributed by atoms with Crippen LogP contribution >= 0.6 is 0 Å². The Labute approximate surface area is 100 Å². The quantitative estimate of drug-likeness (QED) is 0.606. The van der Waals surface area contributed by atoms with Crippen LogP contribution < -0.4 is 0 Å². The third kappa shape index (κ3) is 3.93. The van der Waals surface area contributed by atoms with Gasteiger partial charge in [0.05, 0.1) is 0 Å². The van der Waals surface area contributed by atoms with E-state index >= 15 is 0 Å². The van der Waals surface area contributed by atoms with Crippen molar-refractivity contribution in [3.05, 3.63) is 61.6 Å². The molecule has 0 heterocycles. The molecule has 0 N–H and O–H groups in total. The number of hydrogen-bond donors (Lipinski definition) is 0. The molecule has 0 saturated carbocycles. The molecule has 0 aromatic heterocycles. The van der Waals surface area contributed by atoms with Gasteiger partial charge < -0.3 is 4.90 Å². The minimum atomic E-state index is 0.122. The lowest BCUT2D eigenvalue weighted by Crippen LogP contribution is -2.11. The predicted octanol–water partition coefficient (Wildman–Crippen LogP) is 4.64. The van der Waals surface area contributed by atoms with E-state index in [0.29, 0.717) is 0 Å². The highest BCUT2D eigenvalue weighted by atomic mass is 15.1. The van der Waals surface area contributed by atoms with Crippen molar-refractivity contribution in [2.75, 3.05) is 0 Å². The average Bonchev–Trinajstić information content (AvgIpc) is 2.22. The third-order valence-corrected chi connectivity index (χ3v) is 2.38. The lowest BCUT2D eigenvalue weighted by atomic mass is 9.85. The maximum atomic E-state index is 3.81. The summed E-state index contributed by atoms with van der Waals surface area (Å²) in [6.45, 7) is 19.9. The van der Waals surface area contributed by atoms with Crippen LogP contribution in [0.2, 0.25) is 0 Å². The van der Waals surface area contributed by atoms with Gasteiger partial charge in [0, 0.05) is 18.1 Å². The molecule has 0 fully saturated rings. The Morgan fingerprint density at radius 3 is 1.81 bits per heavy atom. The molecule has 0 aliphatic heterocycles. The highest BCUT2D eigenvalue weighted by Gasteiger charge is 2.14. The van der Waals surface area contributed by atoms with Crippen molar-refractivity contribution in [2.45, 2.75) is 27.7 Å². The smallest absolute Gasteiger partial charge is 0.0445 e. The lowest BCUT2D eigenvalue weighted by Gasteiger charge is -2.23. The van der Waals surface area contributed by atoms with Crippen LogP contribution in [0, 0.1) is 5.41 Å². The van der Waals surface area contributed by atoms with Crippen molar-refractivity contribution in [3.8, 4) is 0 Å². The van der Waals surface area contributed by atoms with E-state index in [1.54, 1.807) is 18.5 Å². The highest BCUT2D eigenvalue weighted by molar-refractivity contribution is 5.33. The van der Waals surface area contributed by atoms with Gasteiger partial charge in [0.15, 0.2) is 0 Å². The van der Waals surface area contributed by atoms with Crippen LogP contribution in [-0.2, 0) is 0 Å². The Kier molecular flexibility index (Phi) is 5.59. The summed E-state index contributed by atoms with van der Waals surface area (Å²) in [4.78, 5) is 1.85. The van der Waals surface area contributed by atoms with Crippen LogP contribution in [0.4, 0.5) is 0 Å². The van der Waals surface area contributed by atoms with Gasteiger partial charge in [0.1, 0.15) is 0 Å². The zero-order valence-corrected chi connectivity index (χ0v) is 11.0. The Bertz CT molecular complexity index is 316. The molecule has 0 aromatic carbocycles. The summed E-state index contributed by atoms with van der Waals surface area (Å²) in [6.07, 6.45) is 9.47. The molecule has 0 bridgehead atoms. The summed E-state index contributed by atoms with van der Waals surface area (Å²) >= 11 is 0. The predicted molar refractivity (Wildman–Crippen MR) is 73.7 cm³/mol. The Morgan fingerprint density at radius 2 is 1.56 bits per heavy atom. The molecular formula is C15H23N. The molecule has 0 spiro atoms. The topological polar surface area (TPSA) is 3.24 Å². The largest absolute Gasteiger partial charge is 0.325 e. The van der Waals surface area contributed by atoms with Gasteiger partial charge in [-0.2, -0.15) is 0 Å². The fraction of sp³-hybridized carbons (Fsp3) is 0.333. The highest BCUT2D eigenvalue weighted by Crippen LogP contribution is 2.27. The molecule has 0 amide bonds. The molecule has 1 nitrogen and oxygen atoms in total. The first-order valence-corrected chi connectivity index (χ1v) is 5.45. The maximum absolute atomic E-state index is 3.81. The summed E-state index contributed by atoms with van der Waals surface area (Å²) in [5.41, 5.74) is 2.36.